The molecule has 1 N–H and O–H groups in total. The zero-order valence-corrected chi connectivity index (χ0v) is 17.5. The van der Waals surface area contributed by atoms with Crippen molar-refractivity contribution in [3.05, 3.63) is 76.4 Å². The number of aromatic nitrogens is 3. The van der Waals surface area contributed by atoms with E-state index in [1.807, 2.05) is 0 Å². The number of hydrogen-bond donors (Lipinski definition) is 1. The summed E-state index contributed by atoms with van der Waals surface area (Å²) in [6.07, 6.45) is 1.36. The van der Waals surface area contributed by atoms with E-state index in [9.17, 15) is 14.4 Å². The number of rotatable bonds is 4. The van der Waals surface area contributed by atoms with E-state index in [0.717, 1.165) is 10.5 Å². The van der Waals surface area contributed by atoms with Gasteiger partial charge in [-0.15, -0.1) is 0 Å². The van der Waals surface area contributed by atoms with Crippen LogP contribution in [0.2, 0.25) is 5.02 Å². The van der Waals surface area contributed by atoms with Crippen LogP contribution < -0.4 is 4.90 Å². The number of fused-ring (bicyclic) bond motifs is 3. The highest BCUT2D eigenvalue weighted by molar-refractivity contribution is 6.38. The second kappa shape index (κ2) is 7.58. The van der Waals surface area contributed by atoms with Gasteiger partial charge in [-0.05, 0) is 43.3 Å². The minimum Gasteiger partial charge on any atom is -0.462 e. The van der Waals surface area contributed by atoms with Crippen LogP contribution in [0.5, 0.6) is 0 Å². The summed E-state index contributed by atoms with van der Waals surface area (Å²) in [5, 5.41) is 8.15. The average molecular weight is 447 g/mol. The van der Waals surface area contributed by atoms with Gasteiger partial charge in [-0.3, -0.25) is 14.7 Å². The van der Waals surface area contributed by atoms with E-state index in [-0.39, 0.29) is 17.7 Å². The van der Waals surface area contributed by atoms with Gasteiger partial charge in [0.25, 0.3) is 11.8 Å². The summed E-state index contributed by atoms with van der Waals surface area (Å²) in [5.41, 5.74) is 2.74. The lowest BCUT2D eigenvalue weighted by atomic mass is 10.0. The van der Waals surface area contributed by atoms with Crippen LogP contribution in [0.25, 0.3) is 22.3 Å². The first-order chi connectivity index (χ1) is 15.5. The Bertz CT molecular complexity index is 1390. The minimum atomic E-state index is -0.494. The molecule has 0 fully saturated rings. The molecule has 0 unspecified atom stereocenters. The number of imide groups is 1. The topological polar surface area (TPSA) is 105 Å². The molecule has 2 aromatic heterocycles. The molecule has 0 atom stereocenters. The molecule has 8 nitrogen and oxygen atoms in total. The Labute approximate surface area is 186 Å². The highest BCUT2D eigenvalue weighted by Gasteiger charge is 2.40. The monoisotopic (exact) mass is 446 g/mol. The van der Waals surface area contributed by atoms with Crippen LogP contribution in [-0.4, -0.2) is 39.6 Å². The Hall–Kier alpha value is -4.04. The molecule has 0 saturated heterocycles. The van der Waals surface area contributed by atoms with E-state index in [4.69, 9.17) is 16.3 Å². The van der Waals surface area contributed by atoms with Crippen molar-refractivity contribution in [3.63, 3.8) is 0 Å². The molecular formula is C23H15ClN4O4. The molecule has 2 amide bonds. The summed E-state index contributed by atoms with van der Waals surface area (Å²) in [5.74, 6) is -1.46. The van der Waals surface area contributed by atoms with Crippen molar-refractivity contribution in [1.82, 2.24) is 15.2 Å². The summed E-state index contributed by atoms with van der Waals surface area (Å²) in [7, 11) is 0. The molecule has 9 heteroatoms. The fourth-order valence-electron chi connectivity index (χ4n) is 3.72. The van der Waals surface area contributed by atoms with Gasteiger partial charge >= 0.3 is 5.97 Å². The molecule has 3 heterocycles. The highest BCUT2D eigenvalue weighted by Crippen LogP contribution is 2.36. The Morgan fingerprint density at radius 1 is 1.06 bits per heavy atom. The average Bonchev–Trinajstić information content (AvgIpc) is 3.33. The van der Waals surface area contributed by atoms with Crippen LogP contribution in [0.4, 0.5) is 5.69 Å². The van der Waals surface area contributed by atoms with Gasteiger partial charge in [0.05, 0.1) is 40.1 Å². The summed E-state index contributed by atoms with van der Waals surface area (Å²) in [6.45, 7) is 1.97. The van der Waals surface area contributed by atoms with Crippen LogP contribution >= 0.6 is 11.6 Å². The lowest BCUT2D eigenvalue weighted by Crippen LogP contribution is -2.29. The van der Waals surface area contributed by atoms with E-state index in [1.54, 1.807) is 31.2 Å². The van der Waals surface area contributed by atoms with Crippen molar-refractivity contribution in [2.75, 3.05) is 11.5 Å². The highest BCUT2D eigenvalue weighted by atomic mass is 35.5. The van der Waals surface area contributed by atoms with Crippen molar-refractivity contribution < 1.29 is 19.1 Å². The van der Waals surface area contributed by atoms with Gasteiger partial charge in [-0.1, -0.05) is 23.7 Å². The number of hydrogen-bond acceptors (Lipinski definition) is 6. The number of amides is 2. The lowest BCUT2D eigenvalue weighted by Gasteiger charge is -2.14. The number of halogens is 1. The van der Waals surface area contributed by atoms with Crippen molar-refractivity contribution >= 4 is 46.1 Å². The van der Waals surface area contributed by atoms with Crippen molar-refractivity contribution in [2.24, 2.45) is 0 Å². The van der Waals surface area contributed by atoms with Crippen LogP contribution in [-0.2, 0) is 4.74 Å². The first-order valence-corrected chi connectivity index (χ1v) is 10.2. The molecule has 0 bridgehead atoms. The second-order valence-electron chi connectivity index (χ2n) is 7.06. The molecular weight excluding hydrogens is 432 g/mol. The number of carbonyl (C=O) groups excluding carboxylic acids is 3. The molecule has 4 aromatic rings. The predicted octanol–water partition coefficient (Wildman–Crippen LogP) is 4.26. The number of ether oxygens (including phenoxy) is 1. The first kappa shape index (κ1) is 19.9. The number of nitrogens with zero attached hydrogens (tertiary/aromatic N) is 3. The molecule has 1 aliphatic rings. The fraction of sp³-hybridized carbons (Fsp3) is 0.0870. The normalized spacial score (nSPS) is 13.0. The molecule has 5 rings (SSSR count). The third-order valence-corrected chi connectivity index (χ3v) is 5.45. The number of esters is 1. The zero-order valence-electron chi connectivity index (χ0n) is 16.8. The fourth-order valence-corrected chi connectivity index (χ4v) is 3.84. The number of benzene rings is 2. The Morgan fingerprint density at radius 2 is 1.78 bits per heavy atom. The first-order valence-electron chi connectivity index (χ1n) is 9.78. The Kier molecular flexibility index (Phi) is 4.71. The Balaban J connectivity index is 1.59. The van der Waals surface area contributed by atoms with Gasteiger partial charge in [-0.25, -0.2) is 14.7 Å². The lowest BCUT2D eigenvalue weighted by molar-refractivity contribution is 0.0526. The third kappa shape index (κ3) is 3.04. The summed E-state index contributed by atoms with van der Waals surface area (Å²) in [6, 6.07) is 13.1. The van der Waals surface area contributed by atoms with E-state index in [1.165, 1.54) is 30.5 Å². The maximum atomic E-state index is 13.4. The standard InChI is InChI=1S/C23H15ClN4O4/c1-2-32-23(31)13-5-9-15(10-6-13)28-21(29)16-11-25-20-18(17(16)22(28)30)19(26-27-20)12-3-7-14(24)8-4-12/h3-11H,2H2,1H3,(H,25,26,27). The van der Waals surface area contributed by atoms with E-state index in [0.29, 0.717) is 33.0 Å². The molecule has 0 spiro atoms. The van der Waals surface area contributed by atoms with E-state index >= 15 is 0 Å². The molecule has 158 valence electrons. The van der Waals surface area contributed by atoms with Crippen LogP contribution in [0.1, 0.15) is 38.0 Å². The van der Waals surface area contributed by atoms with Gasteiger partial charge in [-0.2, -0.15) is 5.10 Å². The SMILES string of the molecule is CCOC(=O)c1ccc(N2C(=O)c3cnc4n[nH]c(-c5ccc(Cl)cc5)c4c3C2=O)cc1. The maximum absolute atomic E-state index is 13.4. The smallest absolute Gasteiger partial charge is 0.338 e. The quantitative estimate of drug-likeness (QED) is 0.371. The third-order valence-electron chi connectivity index (χ3n) is 5.20. The largest absolute Gasteiger partial charge is 0.462 e. The molecule has 2 aromatic carbocycles. The summed E-state index contributed by atoms with van der Waals surface area (Å²) >= 11 is 5.99. The van der Waals surface area contributed by atoms with Crippen molar-refractivity contribution in [1.29, 1.82) is 0 Å². The van der Waals surface area contributed by atoms with Crippen LogP contribution in [0.3, 0.4) is 0 Å². The summed E-state index contributed by atoms with van der Waals surface area (Å²) in [4.78, 5) is 43.7. The van der Waals surface area contributed by atoms with Gasteiger partial charge < -0.3 is 4.74 Å². The van der Waals surface area contributed by atoms with E-state index < -0.39 is 17.8 Å². The number of carbonyl (C=O) groups is 3. The number of H-pyrrole nitrogens is 1. The number of anilines is 1. The minimum absolute atomic E-state index is 0.189. The van der Waals surface area contributed by atoms with Crippen LogP contribution in [0.15, 0.2) is 54.7 Å². The van der Waals surface area contributed by atoms with Gasteiger partial charge in [0.15, 0.2) is 5.65 Å². The molecule has 1 aliphatic heterocycles. The van der Waals surface area contributed by atoms with Gasteiger partial charge in [0, 0.05) is 16.8 Å². The molecule has 0 radical (unpaired) electrons. The number of aromatic amines is 1. The molecule has 0 aliphatic carbocycles. The van der Waals surface area contributed by atoms with Gasteiger partial charge in [0.1, 0.15) is 0 Å². The second-order valence-corrected chi connectivity index (χ2v) is 7.50. The molecule has 32 heavy (non-hydrogen) atoms. The number of nitrogens with one attached hydrogen (secondary N) is 1. The van der Waals surface area contributed by atoms with Gasteiger partial charge in [0.2, 0.25) is 0 Å². The van der Waals surface area contributed by atoms with Crippen LogP contribution in [0, 0.1) is 0 Å². The zero-order chi connectivity index (χ0) is 22.4. The number of pyridine rings is 1. The van der Waals surface area contributed by atoms with E-state index in [2.05, 4.69) is 15.2 Å². The predicted molar refractivity (Wildman–Crippen MR) is 118 cm³/mol. The molecule has 0 saturated carbocycles. The van der Waals surface area contributed by atoms with Crippen molar-refractivity contribution in [2.45, 2.75) is 6.92 Å². The summed E-state index contributed by atoms with van der Waals surface area (Å²) < 4.78 is 4.97. The Morgan fingerprint density at radius 3 is 2.47 bits per heavy atom. The van der Waals surface area contributed by atoms with Crippen molar-refractivity contribution in [3.8, 4) is 11.3 Å². The maximum Gasteiger partial charge on any atom is 0.338 e.